The summed E-state index contributed by atoms with van der Waals surface area (Å²) in [6.07, 6.45) is 5.13. The van der Waals surface area contributed by atoms with Gasteiger partial charge in [-0.2, -0.15) is 0 Å². The molecular weight excluding hydrogens is 246 g/mol. The molecule has 1 unspecified atom stereocenters. The van der Waals surface area contributed by atoms with Crippen LogP contribution in [0.25, 0.3) is 0 Å². The van der Waals surface area contributed by atoms with Gasteiger partial charge in [0.05, 0.1) is 11.6 Å². The first-order valence-corrected chi connectivity index (χ1v) is 7.33. The van der Waals surface area contributed by atoms with E-state index in [2.05, 4.69) is 17.4 Å². The molecule has 1 heterocycles. The van der Waals surface area contributed by atoms with E-state index in [9.17, 15) is 0 Å². The molecule has 1 aromatic carbocycles. The van der Waals surface area contributed by atoms with Crippen LogP contribution in [0, 0.1) is 5.92 Å². The van der Waals surface area contributed by atoms with Crippen LogP contribution in [-0.2, 0) is 0 Å². The number of piperidine rings is 1. The number of benzene rings is 1. The number of rotatable bonds is 4. The average molecular weight is 266 g/mol. The van der Waals surface area contributed by atoms with Crippen molar-refractivity contribution in [2.24, 2.45) is 5.92 Å². The van der Waals surface area contributed by atoms with Gasteiger partial charge in [-0.3, -0.25) is 0 Å². The van der Waals surface area contributed by atoms with Gasteiger partial charge < -0.3 is 10.1 Å². The summed E-state index contributed by atoms with van der Waals surface area (Å²) < 4.78 is 5.76. The summed E-state index contributed by atoms with van der Waals surface area (Å²) in [6.45, 7) is 3.04. The molecule has 1 atom stereocenters. The Hall–Kier alpha value is -0.730. The monoisotopic (exact) mass is 265 g/mol. The van der Waals surface area contributed by atoms with Crippen LogP contribution in [0.1, 0.15) is 37.2 Å². The number of hydrogen-bond donors (Lipinski definition) is 1. The highest BCUT2D eigenvalue weighted by Crippen LogP contribution is 2.34. The summed E-state index contributed by atoms with van der Waals surface area (Å²) in [5.74, 6) is 2.22. The first-order chi connectivity index (χ1) is 8.83. The average Bonchev–Trinajstić information content (AvgIpc) is 3.22. The highest BCUT2D eigenvalue weighted by Gasteiger charge is 2.22. The van der Waals surface area contributed by atoms with Crippen molar-refractivity contribution in [1.29, 1.82) is 0 Å². The topological polar surface area (TPSA) is 21.3 Å². The maximum Gasteiger partial charge on any atom is 0.137 e. The van der Waals surface area contributed by atoms with E-state index in [-0.39, 0.29) is 0 Å². The molecule has 2 aliphatic rings. The van der Waals surface area contributed by atoms with E-state index >= 15 is 0 Å². The second-order valence-electron chi connectivity index (χ2n) is 5.49. The molecule has 3 rings (SSSR count). The summed E-state index contributed by atoms with van der Waals surface area (Å²) in [6, 6.07) is 6.29. The second-order valence-corrected chi connectivity index (χ2v) is 5.89. The third-order valence-corrected chi connectivity index (χ3v) is 4.19. The molecule has 1 aliphatic carbocycles. The first kappa shape index (κ1) is 12.3. The molecule has 1 aliphatic heterocycles. The van der Waals surface area contributed by atoms with Crippen molar-refractivity contribution in [3.63, 3.8) is 0 Å². The Bertz CT molecular complexity index is 411. The lowest BCUT2D eigenvalue weighted by molar-refractivity contribution is 0.300. The van der Waals surface area contributed by atoms with Crippen molar-refractivity contribution in [3.8, 4) is 5.75 Å². The number of nitrogens with one attached hydrogen (secondary N) is 1. The fourth-order valence-electron chi connectivity index (χ4n) is 2.52. The molecule has 1 saturated carbocycles. The molecule has 2 fully saturated rings. The SMILES string of the molecule is Clc1cc(C2CCCNC2)ccc1OCC1CC1. The van der Waals surface area contributed by atoms with Crippen molar-refractivity contribution < 1.29 is 4.74 Å². The number of ether oxygens (including phenoxy) is 1. The highest BCUT2D eigenvalue weighted by atomic mass is 35.5. The molecule has 0 radical (unpaired) electrons. The van der Waals surface area contributed by atoms with E-state index in [1.165, 1.54) is 31.2 Å². The number of hydrogen-bond acceptors (Lipinski definition) is 2. The van der Waals surface area contributed by atoms with E-state index < -0.39 is 0 Å². The molecule has 2 nitrogen and oxygen atoms in total. The summed E-state index contributed by atoms with van der Waals surface area (Å²) in [5.41, 5.74) is 1.34. The van der Waals surface area contributed by atoms with Gasteiger partial charge in [-0.1, -0.05) is 17.7 Å². The van der Waals surface area contributed by atoms with Crippen molar-refractivity contribution in [2.45, 2.75) is 31.6 Å². The minimum Gasteiger partial charge on any atom is -0.492 e. The van der Waals surface area contributed by atoms with Gasteiger partial charge in [-0.05, 0) is 61.8 Å². The van der Waals surface area contributed by atoms with Crippen LogP contribution in [-0.4, -0.2) is 19.7 Å². The van der Waals surface area contributed by atoms with Gasteiger partial charge in [0.2, 0.25) is 0 Å². The van der Waals surface area contributed by atoms with Gasteiger partial charge >= 0.3 is 0 Å². The molecule has 0 bridgehead atoms. The molecule has 0 aromatic heterocycles. The summed E-state index contributed by atoms with van der Waals surface area (Å²) in [7, 11) is 0. The predicted octanol–water partition coefficient (Wildman–Crippen LogP) is 3.60. The zero-order chi connectivity index (χ0) is 12.4. The maximum absolute atomic E-state index is 6.31. The Morgan fingerprint density at radius 3 is 2.83 bits per heavy atom. The summed E-state index contributed by atoms with van der Waals surface area (Å²) in [4.78, 5) is 0. The van der Waals surface area contributed by atoms with Crippen LogP contribution >= 0.6 is 11.6 Å². The van der Waals surface area contributed by atoms with Crippen LogP contribution in [0.2, 0.25) is 5.02 Å². The fraction of sp³-hybridized carbons (Fsp3) is 0.600. The van der Waals surface area contributed by atoms with Crippen LogP contribution in [0.15, 0.2) is 18.2 Å². The van der Waals surface area contributed by atoms with Crippen LogP contribution in [0.3, 0.4) is 0 Å². The van der Waals surface area contributed by atoms with E-state index in [1.807, 2.05) is 6.07 Å². The maximum atomic E-state index is 6.31. The smallest absolute Gasteiger partial charge is 0.137 e. The molecule has 18 heavy (non-hydrogen) atoms. The third-order valence-electron chi connectivity index (χ3n) is 3.90. The normalized spacial score (nSPS) is 23.9. The van der Waals surface area contributed by atoms with Crippen LogP contribution in [0.4, 0.5) is 0 Å². The molecule has 1 aromatic rings. The third kappa shape index (κ3) is 2.99. The lowest BCUT2D eigenvalue weighted by Crippen LogP contribution is -2.28. The van der Waals surface area contributed by atoms with E-state index in [0.717, 1.165) is 36.4 Å². The summed E-state index contributed by atoms with van der Waals surface area (Å²) in [5, 5.41) is 4.20. The molecule has 0 amide bonds. The Balaban J connectivity index is 1.66. The van der Waals surface area contributed by atoms with Crippen molar-refractivity contribution in [2.75, 3.05) is 19.7 Å². The standard InChI is InChI=1S/C15H20ClNO/c16-14-8-12(13-2-1-7-17-9-13)5-6-15(14)18-10-11-3-4-11/h5-6,8,11,13,17H,1-4,7,9-10H2. The van der Waals surface area contributed by atoms with Crippen molar-refractivity contribution >= 4 is 11.6 Å². The van der Waals surface area contributed by atoms with Gasteiger partial charge in [-0.25, -0.2) is 0 Å². The van der Waals surface area contributed by atoms with E-state index in [1.54, 1.807) is 0 Å². The Morgan fingerprint density at radius 1 is 1.28 bits per heavy atom. The van der Waals surface area contributed by atoms with E-state index in [4.69, 9.17) is 16.3 Å². The number of halogens is 1. The van der Waals surface area contributed by atoms with Crippen LogP contribution < -0.4 is 10.1 Å². The second kappa shape index (κ2) is 5.50. The fourth-order valence-corrected chi connectivity index (χ4v) is 2.76. The minimum absolute atomic E-state index is 0.605. The van der Waals surface area contributed by atoms with Gasteiger partial charge in [0.25, 0.3) is 0 Å². The van der Waals surface area contributed by atoms with E-state index in [0.29, 0.717) is 5.92 Å². The lowest BCUT2D eigenvalue weighted by Gasteiger charge is -2.23. The first-order valence-electron chi connectivity index (χ1n) is 6.96. The van der Waals surface area contributed by atoms with Gasteiger partial charge in [0, 0.05) is 6.54 Å². The van der Waals surface area contributed by atoms with Gasteiger partial charge in [0.1, 0.15) is 5.75 Å². The highest BCUT2D eigenvalue weighted by molar-refractivity contribution is 6.32. The van der Waals surface area contributed by atoms with Crippen molar-refractivity contribution in [1.82, 2.24) is 5.32 Å². The molecule has 1 saturated heterocycles. The molecule has 0 spiro atoms. The minimum atomic E-state index is 0.605. The molecule has 98 valence electrons. The largest absolute Gasteiger partial charge is 0.492 e. The summed E-state index contributed by atoms with van der Waals surface area (Å²) >= 11 is 6.31. The Labute approximate surface area is 114 Å². The lowest BCUT2D eigenvalue weighted by atomic mass is 9.92. The molecular formula is C15H20ClNO. The van der Waals surface area contributed by atoms with Crippen LogP contribution in [0.5, 0.6) is 5.75 Å². The zero-order valence-corrected chi connectivity index (χ0v) is 11.4. The molecule has 1 N–H and O–H groups in total. The predicted molar refractivity (Wildman–Crippen MR) is 74.5 cm³/mol. The van der Waals surface area contributed by atoms with Gasteiger partial charge in [0.15, 0.2) is 0 Å². The quantitative estimate of drug-likeness (QED) is 0.898. The molecule has 3 heteroatoms. The van der Waals surface area contributed by atoms with Gasteiger partial charge in [-0.15, -0.1) is 0 Å². The van der Waals surface area contributed by atoms with Crippen molar-refractivity contribution in [3.05, 3.63) is 28.8 Å². The Morgan fingerprint density at radius 2 is 2.17 bits per heavy atom. The zero-order valence-electron chi connectivity index (χ0n) is 10.6. The Kier molecular flexibility index (Phi) is 3.76.